The molecule has 3 N–H and O–H groups in total. The third-order valence-corrected chi connectivity index (χ3v) is 4.20. The highest BCUT2D eigenvalue weighted by Crippen LogP contribution is 2.32. The second-order valence-corrected chi connectivity index (χ2v) is 5.36. The van der Waals surface area contributed by atoms with Gasteiger partial charge in [0, 0.05) is 12.5 Å². The lowest BCUT2D eigenvalue weighted by Gasteiger charge is -2.32. The zero-order valence-corrected chi connectivity index (χ0v) is 11.3. The zero-order valence-electron chi connectivity index (χ0n) is 11.3. The van der Waals surface area contributed by atoms with Gasteiger partial charge in [0.25, 0.3) is 0 Å². The summed E-state index contributed by atoms with van der Waals surface area (Å²) < 4.78 is 0. The van der Waals surface area contributed by atoms with Crippen molar-refractivity contribution in [2.45, 2.75) is 51.5 Å². The summed E-state index contributed by atoms with van der Waals surface area (Å²) >= 11 is 0. The molecule has 1 aromatic heterocycles. The van der Waals surface area contributed by atoms with Crippen molar-refractivity contribution in [2.24, 2.45) is 24.7 Å². The van der Waals surface area contributed by atoms with Crippen molar-refractivity contribution in [3.05, 3.63) is 5.82 Å². The molecule has 1 unspecified atom stereocenters. The van der Waals surface area contributed by atoms with E-state index in [1.54, 1.807) is 7.05 Å². The highest BCUT2D eigenvalue weighted by atomic mass is 15.6. The summed E-state index contributed by atoms with van der Waals surface area (Å²) in [5.41, 5.74) is 2.95. The standard InChI is InChI=1S/C12H24N6/c1-3-9-4-6-10(7-5-9)11(14-13)8-12-15-17-18(2)16-12/h9-11,14H,3-8,13H2,1-2H3. The molecule has 1 aliphatic rings. The minimum Gasteiger partial charge on any atom is -0.271 e. The van der Waals surface area contributed by atoms with Crippen LogP contribution in [0.4, 0.5) is 0 Å². The molecule has 0 bridgehead atoms. The van der Waals surface area contributed by atoms with Gasteiger partial charge in [0.2, 0.25) is 0 Å². The van der Waals surface area contributed by atoms with E-state index in [9.17, 15) is 0 Å². The highest BCUT2D eigenvalue weighted by molar-refractivity contribution is 4.89. The van der Waals surface area contributed by atoms with Gasteiger partial charge in [-0.25, -0.2) is 0 Å². The summed E-state index contributed by atoms with van der Waals surface area (Å²) in [5.74, 6) is 8.02. The fourth-order valence-corrected chi connectivity index (χ4v) is 2.96. The van der Waals surface area contributed by atoms with E-state index >= 15 is 0 Å². The number of hydrazine groups is 1. The number of hydrogen-bond acceptors (Lipinski definition) is 5. The van der Waals surface area contributed by atoms with E-state index in [-0.39, 0.29) is 6.04 Å². The van der Waals surface area contributed by atoms with Crippen LogP contribution in [0.15, 0.2) is 0 Å². The van der Waals surface area contributed by atoms with Gasteiger partial charge in [0.15, 0.2) is 5.82 Å². The Labute approximate surface area is 108 Å². The number of rotatable bonds is 5. The molecule has 1 aliphatic carbocycles. The van der Waals surface area contributed by atoms with Gasteiger partial charge < -0.3 is 0 Å². The summed E-state index contributed by atoms with van der Waals surface area (Å²) in [6, 6.07) is 0.270. The summed E-state index contributed by atoms with van der Waals surface area (Å²) in [5, 5.41) is 12.1. The third kappa shape index (κ3) is 3.26. The van der Waals surface area contributed by atoms with E-state index in [1.807, 2.05) is 0 Å². The average molecular weight is 252 g/mol. The Kier molecular flexibility index (Phi) is 4.66. The van der Waals surface area contributed by atoms with E-state index in [4.69, 9.17) is 5.84 Å². The zero-order chi connectivity index (χ0) is 13.0. The molecule has 6 nitrogen and oxygen atoms in total. The van der Waals surface area contributed by atoms with Crippen LogP contribution in [0.25, 0.3) is 0 Å². The van der Waals surface area contributed by atoms with Crippen LogP contribution >= 0.6 is 0 Å². The first-order chi connectivity index (χ1) is 8.72. The number of nitrogens with one attached hydrogen (secondary N) is 1. The molecular weight excluding hydrogens is 228 g/mol. The predicted octanol–water partition coefficient (Wildman–Crippen LogP) is 0.801. The van der Waals surface area contributed by atoms with Crippen molar-refractivity contribution >= 4 is 0 Å². The second-order valence-electron chi connectivity index (χ2n) is 5.36. The van der Waals surface area contributed by atoms with E-state index in [0.29, 0.717) is 5.92 Å². The molecule has 18 heavy (non-hydrogen) atoms. The first kappa shape index (κ1) is 13.4. The molecule has 102 valence electrons. The molecule has 0 radical (unpaired) electrons. The number of nitrogens with zero attached hydrogens (tertiary/aromatic N) is 4. The topological polar surface area (TPSA) is 81.7 Å². The van der Waals surface area contributed by atoms with Crippen LogP contribution in [0.1, 0.15) is 44.9 Å². The molecule has 2 rings (SSSR count). The molecule has 0 aromatic carbocycles. The van der Waals surface area contributed by atoms with Gasteiger partial charge in [-0.1, -0.05) is 26.2 Å². The molecular formula is C12H24N6. The lowest BCUT2D eigenvalue weighted by Crippen LogP contribution is -2.44. The van der Waals surface area contributed by atoms with Gasteiger partial charge in [-0.3, -0.25) is 11.3 Å². The molecule has 1 atom stereocenters. The van der Waals surface area contributed by atoms with Crippen molar-refractivity contribution in [2.75, 3.05) is 0 Å². The Balaban J connectivity index is 1.89. The fraction of sp³-hybridized carbons (Fsp3) is 0.917. The van der Waals surface area contributed by atoms with E-state index in [1.165, 1.54) is 36.9 Å². The molecule has 0 spiro atoms. The van der Waals surface area contributed by atoms with Crippen molar-refractivity contribution in [3.8, 4) is 0 Å². The van der Waals surface area contributed by atoms with Crippen molar-refractivity contribution < 1.29 is 0 Å². The maximum Gasteiger partial charge on any atom is 0.176 e. The van der Waals surface area contributed by atoms with Gasteiger partial charge in [-0.05, 0) is 29.9 Å². The van der Waals surface area contributed by atoms with Gasteiger partial charge in [0.05, 0.1) is 7.05 Å². The smallest absolute Gasteiger partial charge is 0.176 e. The summed E-state index contributed by atoms with van der Waals surface area (Å²) in [4.78, 5) is 1.50. The van der Waals surface area contributed by atoms with Crippen LogP contribution in [0.3, 0.4) is 0 Å². The van der Waals surface area contributed by atoms with Gasteiger partial charge in [-0.2, -0.15) is 4.80 Å². The normalized spacial score (nSPS) is 26.2. The molecule has 0 amide bonds. The number of aryl methyl sites for hydroxylation is 1. The van der Waals surface area contributed by atoms with Crippen LogP contribution in [0, 0.1) is 11.8 Å². The Bertz CT molecular complexity index is 355. The van der Waals surface area contributed by atoms with E-state index < -0.39 is 0 Å². The molecule has 1 fully saturated rings. The highest BCUT2D eigenvalue weighted by Gasteiger charge is 2.27. The van der Waals surface area contributed by atoms with Crippen molar-refractivity contribution in [1.29, 1.82) is 0 Å². The van der Waals surface area contributed by atoms with Gasteiger partial charge in [-0.15, -0.1) is 10.2 Å². The Morgan fingerprint density at radius 1 is 1.39 bits per heavy atom. The Hall–Kier alpha value is -1.01. The Morgan fingerprint density at radius 3 is 2.61 bits per heavy atom. The average Bonchev–Trinajstić information content (AvgIpc) is 2.82. The molecule has 1 saturated carbocycles. The molecule has 6 heteroatoms. The van der Waals surface area contributed by atoms with Crippen LogP contribution in [-0.2, 0) is 13.5 Å². The SMILES string of the molecule is CCC1CCC(C(Cc2nnn(C)n2)NN)CC1. The minimum atomic E-state index is 0.270. The molecule has 0 aliphatic heterocycles. The van der Waals surface area contributed by atoms with Crippen LogP contribution in [0.2, 0.25) is 0 Å². The minimum absolute atomic E-state index is 0.270. The molecule has 0 saturated heterocycles. The van der Waals surface area contributed by atoms with Crippen LogP contribution in [-0.4, -0.2) is 26.2 Å². The lowest BCUT2D eigenvalue weighted by atomic mass is 9.77. The lowest BCUT2D eigenvalue weighted by molar-refractivity contribution is 0.216. The third-order valence-electron chi connectivity index (χ3n) is 4.20. The first-order valence-corrected chi connectivity index (χ1v) is 6.92. The number of nitrogens with two attached hydrogens (primary N) is 1. The molecule has 1 aromatic rings. The van der Waals surface area contributed by atoms with Crippen LogP contribution < -0.4 is 11.3 Å². The van der Waals surface area contributed by atoms with Gasteiger partial charge >= 0.3 is 0 Å². The van der Waals surface area contributed by atoms with Crippen molar-refractivity contribution in [3.63, 3.8) is 0 Å². The van der Waals surface area contributed by atoms with E-state index in [0.717, 1.165) is 18.2 Å². The summed E-state index contributed by atoms with van der Waals surface area (Å²) in [6.45, 7) is 2.28. The number of aromatic nitrogens is 4. The fourth-order valence-electron chi connectivity index (χ4n) is 2.96. The largest absolute Gasteiger partial charge is 0.271 e. The summed E-state index contributed by atoms with van der Waals surface area (Å²) in [7, 11) is 1.79. The van der Waals surface area contributed by atoms with Crippen molar-refractivity contribution in [1.82, 2.24) is 25.6 Å². The monoisotopic (exact) mass is 252 g/mol. The maximum atomic E-state index is 5.69. The predicted molar refractivity (Wildman–Crippen MR) is 69.4 cm³/mol. The quantitative estimate of drug-likeness (QED) is 0.598. The number of tetrazole rings is 1. The Morgan fingerprint density at radius 2 is 2.11 bits per heavy atom. The van der Waals surface area contributed by atoms with Gasteiger partial charge in [0.1, 0.15) is 0 Å². The maximum absolute atomic E-state index is 5.69. The second kappa shape index (κ2) is 6.24. The molecule has 1 heterocycles. The number of hydrogen-bond donors (Lipinski definition) is 2. The summed E-state index contributed by atoms with van der Waals surface area (Å²) in [6.07, 6.45) is 7.24. The first-order valence-electron chi connectivity index (χ1n) is 6.92. The van der Waals surface area contributed by atoms with E-state index in [2.05, 4.69) is 27.8 Å². The van der Waals surface area contributed by atoms with Crippen LogP contribution in [0.5, 0.6) is 0 Å².